The van der Waals surface area contributed by atoms with E-state index in [2.05, 4.69) is 39.2 Å². The number of aromatic amines is 1. The molecule has 2 N–H and O–H groups in total. The Kier molecular flexibility index (Phi) is 5.49. The lowest BCUT2D eigenvalue weighted by Gasteiger charge is -2.34. The zero-order valence-corrected chi connectivity index (χ0v) is 14.5. The van der Waals surface area contributed by atoms with E-state index in [4.69, 9.17) is 5.26 Å². The van der Waals surface area contributed by atoms with E-state index in [0.717, 1.165) is 45.0 Å². The topological polar surface area (TPSA) is 75.2 Å². The van der Waals surface area contributed by atoms with Gasteiger partial charge in [0.15, 0.2) is 0 Å². The number of nitrogens with zero attached hydrogens (tertiary/aromatic N) is 3. The SMILES string of the molecule is CCN1CCN(Cc2ccc(NC(=O)c3cc(C#N)c[nH]3)cc2)CC1. The van der Waals surface area contributed by atoms with E-state index in [1.54, 1.807) is 6.07 Å². The van der Waals surface area contributed by atoms with Crippen molar-refractivity contribution in [3.05, 3.63) is 53.3 Å². The van der Waals surface area contributed by atoms with Crippen molar-refractivity contribution in [2.75, 3.05) is 38.0 Å². The molecule has 3 rings (SSSR count). The normalized spacial score (nSPS) is 15.7. The Balaban J connectivity index is 1.53. The van der Waals surface area contributed by atoms with Crippen LogP contribution >= 0.6 is 0 Å². The third kappa shape index (κ3) is 4.47. The molecule has 0 unspecified atom stereocenters. The molecular formula is C19H23N5O. The minimum absolute atomic E-state index is 0.245. The van der Waals surface area contributed by atoms with E-state index in [0.29, 0.717) is 11.3 Å². The summed E-state index contributed by atoms with van der Waals surface area (Å²) < 4.78 is 0. The molecule has 6 heteroatoms. The first-order chi connectivity index (χ1) is 12.2. The lowest BCUT2D eigenvalue weighted by molar-refractivity contribution is 0.102. The van der Waals surface area contributed by atoms with Crippen LogP contribution in [-0.4, -0.2) is 53.4 Å². The summed E-state index contributed by atoms with van der Waals surface area (Å²) in [5, 5.41) is 11.6. The molecule has 25 heavy (non-hydrogen) atoms. The molecule has 1 aromatic carbocycles. The minimum Gasteiger partial charge on any atom is -0.356 e. The van der Waals surface area contributed by atoms with E-state index in [1.165, 1.54) is 11.8 Å². The van der Waals surface area contributed by atoms with Gasteiger partial charge in [0.25, 0.3) is 5.91 Å². The van der Waals surface area contributed by atoms with Crippen LogP contribution in [-0.2, 0) is 6.54 Å². The number of piperazine rings is 1. The second-order valence-electron chi connectivity index (χ2n) is 6.28. The van der Waals surface area contributed by atoms with E-state index < -0.39 is 0 Å². The summed E-state index contributed by atoms with van der Waals surface area (Å²) in [6, 6.07) is 11.5. The van der Waals surface area contributed by atoms with Gasteiger partial charge in [-0.05, 0) is 30.3 Å². The van der Waals surface area contributed by atoms with Gasteiger partial charge in [0, 0.05) is 44.6 Å². The lowest BCUT2D eigenvalue weighted by Crippen LogP contribution is -2.45. The molecule has 0 spiro atoms. The molecule has 2 heterocycles. The van der Waals surface area contributed by atoms with Crippen LogP contribution in [0.5, 0.6) is 0 Å². The zero-order chi connectivity index (χ0) is 17.6. The zero-order valence-electron chi connectivity index (χ0n) is 14.5. The number of H-pyrrole nitrogens is 1. The van der Waals surface area contributed by atoms with E-state index in [1.807, 2.05) is 18.2 Å². The summed E-state index contributed by atoms with van der Waals surface area (Å²) in [5.74, 6) is -0.245. The molecule has 1 fully saturated rings. The summed E-state index contributed by atoms with van der Waals surface area (Å²) in [6.45, 7) is 8.72. The number of hydrogen-bond acceptors (Lipinski definition) is 4. The minimum atomic E-state index is -0.245. The number of anilines is 1. The molecule has 0 bridgehead atoms. The van der Waals surface area contributed by atoms with Crippen LogP contribution < -0.4 is 5.32 Å². The van der Waals surface area contributed by atoms with Crippen LogP contribution in [0.25, 0.3) is 0 Å². The van der Waals surface area contributed by atoms with Crippen LogP contribution in [0.15, 0.2) is 36.5 Å². The first kappa shape index (κ1) is 17.2. The van der Waals surface area contributed by atoms with Gasteiger partial charge in [-0.2, -0.15) is 5.26 Å². The fraction of sp³-hybridized carbons (Fsp3) is 0.368. The first-order valence-electron chi connectivity index (χ1n) is 8.61. The third-order valence-electron chi connectivity index (χ3n) is 4.59. The van der Waals surface area contributed by atoms with Crippen LogP contribution in [0, 0.1) is 11.3 Å². The number of nitriles is 1. The summed E-state index contributed by atoms with van der Waals surface area (Å²) in [7, 11) is 0. The predicted octanol–water partition coefficient (Wildman–Crippen LogP) is 2.28. The number of rotatable bonds is 5. The predicted molar refractivity (Wildman–Crippen MR) is 97.3 cm³/mol. The van der Waals surface area contributed by atoms with Crippen LogP contribution in [0.3, 0.4) is 0 Å². The molecule has 1 aliphatic heterocycles. The summed E-state index contributed by atoms with van der Waals surface area (Å²) in [4.78, 5) is 19.9. The summed E-state index contributed by atoms with van der Waals surface area (Å²) in [5.41, 5.74) is 2.82. The number of aromatic nitrogens is 1. The Labute approximate surface area is 148 Å². The Hall–Kier alpha value is -2.62. The van der Waals surface area contributed by atoms with Gasteiger partial charge in [-0.25, -0.2) is 0 Å². The molecule has 6 nitrogen and oxygen atoms in total. The maximum absolute atomic E-state index is 12.1. The van der Waals surface area contributed by atoms with Crippen molar-refractivity contribution in [3.8, 4) is 6.07 Å². The van der Waals surface area contributed by atoms with Gasteiger partial charge in [-0.1, -0.05) is 19.1 Å². The van der Waals surface area contributed by atoms with Crippen molar-refractivity contribution in [3.63, 3.8) is 0 Å². The van der Waals surface area contributed by atoms with E-state index in [-0.39, 0.29) is 5.91 Å². The fourth-order valence-corrected chi connectivity index (χ4v) is 3.00. The maximum atomic E-state index is 12.1. The monoisotopic (exact) mass is 337 g/mol. The molecule has 1 amide bonds. The lowest BCUT2D eigenvalue weighted by atomic mass is 10.1. The van der Waals surface area contributed by atoms with Gasteiger partial charge in [-0.15, -0.1) is 0 Å². The van der Waals surface area contributed by atoms with Crippen LogP contribution in [0.2, 0.25) is 0 Å². The number of amides is 1. The average molecular weight is 337 g/mol. The van der Waals surface area contributed by atoms with Crippen LogP contribution in [0.1, 0.15) is 28.5 Å². The molecule has 1 aromatic heterocycles. The number of nitrogens with one attached hydrogen (secondary N) is 2. The van der Waals surface area contributed by atoms with Crippen molar-refractivity contribution in [1.29, 1.82) is 5.26 Å². The molecule has 2 aromatic rings. The largest absolute Gasteiger partial charge is 0.356 e. The smallest absolute Gasteiger partial charge is 0.272 e. The van der Waals surface area contributed by atoms with Crippen molar-refractivity contribution in [1.82, 2.24) is 14.8 Å². The standard InChI is InChI=1S/C19H23N5O/c1-2-23-7-9-24(10-8-23)14-15-3-5-17(6-4-15)22-19(25)18-11-16(12-20)13-21-18/h3-6,11,13,21H,2,7-10,14H2,1H3,(H,22,25). The second kappa shape index (κ2) is 7.97. The van der Waals surface area contributed by atoms with Gasteiger partial charge in [0.2, 0.25) is 0 Å². The van der Waals surface area contributed by atoms with Gasteiger partial charge in [0.1, 0.15) is 11.8 Å². The van der Waals surface area contributed by atoms with Gasteiger partial charge in [-0.3, -0.25) is 9.69 Å². The fourth-order valence-electron chi connectivity index (χ4n) is 3.00. The van der Waals surface area contributed by atoms with Crippen LogP contribution in [0.4, 0.5) is 5.69 Å². The van der Waals surface area contributed by atoms with Gasteiger partial charge >= 0.3 is 0 Å². The first-order valence-corrected chi connectivity index (χ1v) is 8.61. The Bertz CT molecular complexity index is 751. The molecule has 0 radical (unpaired) electrons. The van der Waals surface area contributed by atoms with Gasteiger partial charge in [0.05, 0.1) is 5.56 Å². The molecule has 1 saturated heterocycles. The second-order valence-corrected chi connectivity index (χ2v) is 6.28. The highest BCUT2D eigenvalue weighted by molar-refractivity contribution is 6.03. The molecule has 0 atom stereocenters. The summed E-state index contributed by atoms with van der Waals surface area (Å²) >= 11 is 0. The Morgan fingerprint density at radius 2 is 1.88 bits per heavy atom. The molecule has 1 aliphatic rings. The highest BCUT2D eigenvalue weighted by atomic mass is 16.1. The Morgan fingerprint density at radius 1 is 1.20 bits per heavy atom. The van der Waals surface area contributed by atoms with Crippen molar-refractivity contribution >= 4 is 11.6 Å². The number of carbonyl (C=O) groups excluding carboxylic acids is 1. The Morgan fingerprint density at radius 3 is 2.48 bits per heavy atom. The van der Waals surface area contributed by atoms with Crippen molar-refractivity contribution < 1.29 is 4.79 Å². The highest BCUT2D eigenvalue weighted by Crippen LogP contribution is 2.14. The maximum Gasteiger partial charge on any atom is 0.272 e. The average Bonchev–Trinajstić information content (AvgIpc) is 3.13. The molecule has 0 saturated carbocycles. The van der Waals surface area contributed by atoms with Crippen molar-refractivity contribution in [2.24, 2.45) is 0 Å². The highest BCUT2D eigenvalue weighted by Gasteiger charge is 2.15. The number of hydrogen-bond donors (Lipinski definition) is 2. The van der Waals surface area contributed by atoms with E-state index >= 15 is 0 Å². The quantitative estimate of drug-likeness (QED) is 0.878. The molecule has 0 aliphatic carbocycles. The number of likely N-dealkylation sites (N-methyl/N-ethyl adjacent to an activating group) is 1. The molecular weight excluding hydrogens is 314 g/mol. The van der Waals surface area contributed by atoms with Crippen molar-refractivity contribution in [2.45, 2.75) is 13.5 Å². The van der Waals surface area contributed by atoms with Gasteiger partial charge < -0.3 is 15.2 Å². The third-order valence-corrected chi connectivity index (χ3v) is 4.59. The molecule has 130 valence electrons. The van der Waals surface area contributed by atoms with E-state index in [9.17, 15) is 4.79 Å². The number of benzene rings is 1. The summed E-state index contributed by atoms with van der Waals surface area (Å²) in [6.07, 6.45) is 1.52. The number of carbonyl (C=O) groups is 1.